The van der Waals surface area contributed by atoms with E-state index in [9.17, 15) is 19.1 Å². The monoisotopic (exact) mass is 334 g/mol. The molecule has 0 spiro atoms. The number of carbonyl (C=O) groups is 2. The molecule has 3 rings (SSSR count). The van der Waals surface area contributed by atoms with Crippen LogP contribution in [0.5, 0.6) is 0 Å². The lowest BCUT2D eigenvalue weighted by atomic mass is 10.0. The van der Waals surface area contributed by atoms with Crippen molar-refractivity contribution in [3.8, 4) is 0 Å². The Bertz CT molecular complexity index is 750. The number of imide groups is 1. The molecule has 23 heavy (non-hydrogen) atoms. The van der Waals surface area contributed by atoms with Crippen molar-refractivity contribution in [2.24, 2.45) is 0 Å². The second-order valence-corrected chi connectivity index (χ2v) is 6.43. The van der Waals surface area contributed by atoms with Gasteiger partial charge in [-0.2, -0.15) is 0 Å². The number of amides is 3. The number of nitrogens with zero attached hydrogens (tertiary/aromatic N) is 1. The van der Waals surface area contributed by atoms with Gasteiger partial charge in [0, 0.05) is 10.4 Å². The number of rotatable bonds is 4. The maximum absolute atomic E-state index is 13.7. The summed E-state index contributed by atoms with van der Waals surface area (Å²) in [6.45, 7) is 1.32. The predicted molar refractivity (Wildman–Crippen MR) is 83.3 cm³/mol. The first-order valence-electron chi connectivity index (χ1n) is 7.04. The zero-order chi connectivity index (χ0) is 16.6. The summed E-state index contributed by atoms with van der Waals surface area (Å²) >= 11 is 1.36. The van der Waals surface area contributed by atoms with Gasteiger partial charge >= 0.3 is 6.03 Å². The van der Waals surface area contributed by atoms with Crippen LogP contribution in [0.2, 0.25) is 0 Å². The van der Waals surface area contributed by atoms with Crippen LogP contribution in [0, 0.1) is 5.82 Å². The summed E-state index contributed by atoms with van der Waals surface area (Å²) in [5.41, 5.74) is -1.10. The van der Waals surface area contributed by atoms with Crippen molar-refractivity contribution < 1.29 is 19.1 Å². The van der Waals surface area contributed by atoms with E-state index in [1.54, 1.807) is 25.1 Å². The van der Waals surface area contributed by atoms with Gasteiger partial charge < -0.3 is 10.4 Å². The van der Waals surface area contributed by atoms with Gasteiger partial charge in [-0.15, -0.1) is 11.3 Å². The van der Waals surface area contributed by atoms with E-state index >= 15 is 0 Å². The fourth-order valence-electron chi connectivity index (χ4n) is 2.61. The first-order valence-corrected chi connectivity index (χ1v) is 7.92. The van der Waals surface area contributed by atoms with Crippen LogP contribution in [-0.2, 0) is 10.3 Å². The molecule has 1 fully saturated rings. The van der Waals surface area contributed by atoms with Crippen molar-refractivity contribution in [2.45, 2.75) is 18.6 Å². The van der Waals surface area contributed by atoms with Crippen molar-refractivity contribution in [3.05, 3.63) is 58.0 Å². The van der Waals surface area contributed by atoms with Crippen LogP contribution in [0.15, 0.2) is 41.8 Å². The van der Waals surface area contributed by atoms with Gasteiger partial charge in [-0.3, -0.25) is 9.69 Å². The second-order valence-electron chi connectivity index (χ2n) is 5.49. The van der Waals surface area contributed by atoms with Gasteiger partial charge in [0.25, 0.3) is 5.91 Å². The van der Waals surface area contributed by atoms with Crippen LogP contribution in [0.1, 0.15) is 23.5 Å². The lowest BCUT2D eigenvalue weighted by Gasteiger charge is -2.21. The first-order chi connectivity index (χ1) is 10.9. The fourth-order valence-corrected chi connectivity index (χ4v) is 3.44. The molecule has 0 radical (unpaired) electrons. The lowest BCUT2D eigenvalue weighted by molar-refractivity contribution is -0.132. The average Bonchev–Trinajstić information content (AvgIpc) is 3.12. The molecule has 1 aromatic heterocycles. The number of aliphatic hydroxyl groups is 1. The highest BCUT2D eigenvalue weighted by Crippen LogP contribution is 2.32. The topological polar surface area (TPSA) is 69.6 Å². The number of halogens is 1. The van der Waals surface area contributed by atoms with Gasteiger partial charge in [-0.1, -0.05) is 24.3 Å². The quantitative estimate of drug-likeness (QED) is 0.844. The molecular weight excluding hydrogens is 319 g/mol. The van der Waals surface area contributed by atoms with Gasteiger partial charge in [0.15, 0.2) is 5.54 Å². The highest BCUT2D eigenvalue weighted by molar-refractivity contribution is 7.10. The number of thiophene rings is 1. The molecular formula is C16H15FN2O3S. The van der Waals surface area contributed by atoms with Crippen molar-refractivity contribution in [1.82, 2.24) is 10.2 Å². The Labute approximate surface area is 136 Å². The number of hydrogen-bond donors (Lipinski definition) is 2. The highest BCUT2D eigenvalue weighted by atomic mass is 32.1. The summed E-state index contributed by atoms with van der Waals surface area (Å²) in [4.78, 5) is 26.4. The van der Waals surface area contributed by atoms with E-state index in [4.69, 9.17) is 0 Å². The molecule has 2 heterocycles. The molecule has 2 aromatic rings. The maximum Gasteiger partial charge on any atom is 0.325 e. The van der Waals surface area contributed by atoms with Gasteiger partial charge in [0.1, 0.15) is 5.82 Å². The second kappa shape index (κ2) is 5.75. The van der Waals surface area contributed by atoms with Crippen LogP contribution in [-0.4, -0.2) is 28.5 Å². The maximum atomic E-state index is 13.7. The van der Waals surface area contributed by atoms with Crippen molar-refractivity contribution in [2.75, 3.05) is 6.54 Å². The van der Waals surface area contributed by atoms with Crippen molar-refractivity contribution in [1.29, 1.82) is 0 Å². The molecule has 1 aliphatic rings. The molecule has 0 bridgehead atoms. The number of hydrogen-bond acceptors (Lipinski definition) is 4. The number of benzene rings is 1. The van der Waals surface area contributed by atoms with E-state index in [2.05, 4.69) is 5.32 Å². The van der Waals surface area contributed by atoms with Crippen LogP contribution >= 0.6 is 11.3 Å². The van der Waals surface area contributed by atoms with E-state index < -0.39 is 29.4 Å². The summed E-state index contributed by atoms with van der Waals surface area (Å²) in [6.07, 6.45) is -1.28. The first kappa shape index (κ1) is 15.6. The molecule has 0 saturated carbocycles. The molecule has 0 aliphatic carbocycles. The summed E-state index contributed by atoms with van der Waals surface area (Å²) in [7, 11) is 0. The summed E-state index contributed by atoms with van der Waals surface area (Å²) in [6, 6.07) is 8.70. The minimum atomic E-state index is -1.28. The SMILES string of the molecule is C[C@@]1(c2cccs2)NC(=O)N(C[C@@H](O)c2ccccc2F)C1=O. The molecule has 1 aromatic carbocycles. The predicted octanol–water partition coefficient (Wildman–Crippen LogP) is 2.39. The lowest BCUT2D eigenvalue weighted by Crippen LogP contribution is -2.40. The molecule has 1 saturated heterocycles. The Morgan fingerprint density at radius 3 is 2.70 bits per heavy atom. The number of urea groups is 1. The number of aliphatic hydroxyl groups excluding tert-OH is 1. The molecule has 2 N–H and O–H groups in total. The van der Waals surface area contributed by atoms with E-state index in [1.165, 1.54) is 29.5 Å². The molecule has 0 unspecified atom stereocenters. The van der Waals surface area contributed by atoms with Gasteiger partial charge in [-0.25, -0.2) is 9.18 Å². The molecule has 120 valence electrons. The Morgan fingerprint density at radius 2 is 2.04 bits per heavy atom. The molecule has 7 heteroatoms. The normalized spacial score (nSPS) is 22.3. The van der Waals surface area contributed by atoms with Crippen LogP contribution in [0.3, 0.4) is 0 Å². The standard InChI is InChI=1S/C16H15FN2O3S/c1-16(13-7-4-8-23-13)14(21)19(15(22)18-16)9-12(20)10-5-2-3-6-11(10)17/h2-8,12,20H,9H2,1H3,(H,18,22)/t12-,16+/m1/s1. The minimum absolute atomic E-state index is 0.0535. The van der Waals surface area contributed by atoms with E-state index in [-0.39, 0.29) is 12.1 Å². The molecule has 1 aliphatic heterocycles. The zero-order valence-corrected chi connectivity index (χ0v) is 13.1. The Kier molecular flexibility index (Phi) is 3.91. The van der Waals surface area contributed by atoms with Crippen molar-refractivity contribution >= 4 is 23.3 Å². The number of β-amino-alcohol motifs (C(OH)–C–C–N with tert-alkyl or cyclic N) is 1. The molecule has 3 amide bonds. The Hall–Kier alpha value is -2.25. The molecule has 2 atom stereocenters. The minimum Gasteiger partial charge on any atom is -0.386 e. The third-order valence-corrected chi connectivity index (χ3v) is 5.00. The summed E-state index contributed by atoms with van der Waals surface area (Å²) < 4.78 is 13.7. The summed E-state index contributed by atoms with van der Waals surface area (Å²) in [5, 5.41) is 14.7. The van der Waals surface area contributed by atoms with Gasteiger partial charge in [-0.05, 0) is 24.4 Å². The highest BCUT2D eigenvalue weighted by Gasteiger charge is 2.50. The number of carbonyl (C=O) groups excluding carboxylic acids is 2. The van der Waals surface area contributed by atoms with Crippen LogP contribution < -0.4 is 5.32 Å². The fraction of sp³-hybridized carbons (Fsp3) is 0.250. The number of nitrogens with one attached hydrogen (secondary N) is 1. The Morgan fingerprint density at radius 1 is 1.30 bits per heavy atom. The Balaban J connectivity index is 1.83. The van der Waals surface area contributed by atoms with Gasteiger partial charge in [0.05, 0.1) is 12.6 Å². The third kappa shape index (κ3) is 2.62. The van der Waals surface area contributed by atoms with E-state index in [1.807, 2.05) is 5.38 Å². The van der Waals surface area contributed by atoms with Crippen LogP contribution in [0.25, 0.3) is 0 Å². The van der Waals surface area contributed by atoms with Crippen molar-refractivity contribution in [3.63, 3.8) is 0 Å². The third-order valence-electron chi connectivity index (χ3n) is 3.91. The summed E-state index contributed by atoms with van der Waals surface area (Å²) in [5.74, 6) is -1.03. The molecule has 5 nitrogen and oxygen atoms in total. The van der Waals surface area contributed by atoms with Crippen LogP contribution in [0.4, 0.5) is 9.18 Å². The van der Waals surface area contributed by atoms with E-state index in [0.29, 0.717) is 4.88 Å². The van der Waals surface area contributed by atoms with Gasteiger partial charge in [0.2, 0.25) is 0 Å². The average molecular weight is 334 g/mol. The van der Waals surface area contributed by atoms with E-state index in [0.717, 1.165) is 4.90 Å². The zero-order valence-electron chi connectivity index (χ0n) is 12.3. The largest absolute Gasteiger partial charge is 0.386 e. The smallest absolute Gasteiger partial charge is 0.325 e.